The van der Waals surface area contributed by atoms with E-state index >= 15 is 0 Å². The summed E-state index contributed by atoms with van der Waals surface area (Å²) in [4.78, 5) is 96.7. The summed E-state index contributed by atoms with van der Waals surface area (Å²) in [5.41, 5.74) is 4.29. The van der Waals surface area contributed by atoms with E-state index in [-0.39, 0.29) is 76.7 Å². The molecule has 0 saturated carbocycles. The van der Waals surface area contributed by atoms with Gasteiger partial charge in [-0.2, -0.15) is 0 Å². The number of aliphatic carboxylic acids is 1. The largest absolute Gasteiger partial charge is 1.00 e. The molecule has 0 aliphatic carbocycles. The third-order valence-corrected chi connectivity index (χ3v) is 12.2. The minimum absolute atomic E-state index is 0. The summed E-state index contributed by atoms with van der Waals surface area (Å²) in [5, 5.41) is 37.3. The van der Waals surface area contributed by atoms with Gasteiger partial charge in [-0.1, -0.05) is 48.5 Å². The second-order valence-corrected chi connectivity index (χ2v) is 17.9. The maximum Gasteiger partial charge on any atom is 1.00 e. The van der Waals surface area contributed by atoms with Gasteiger partial charge in [-0.3, -0.25) is 33.9 Å². The molecule has 6 heterocycles. The Balaban J connectivity index is 0.000000229. The molecule has 0 bridgehead atoms. The fourth-order valence-electron chi connectivity index (χ4n) is 8.66. The summed E-state index contributed by atoms with van der Waals surface area (Å²) in [6, 6.07) is 20.4. The molecule has 6 atom stereocenters. The number of ether oxygens (including phenoxy) is 2. The van der Waals surface area contributed by atoms with E-state index in [0.29, 0.717) is 59.3 Å². The molecule has 4 aliphatic heterocycles. The van der Waals surface area contributed by atoms with Crippen molar-refractivity contribution in [3.05, 3.63) is 142 Å². The number of aromatic nitrogens is 2. The Morgan fingerprint density at radius 1 is 0.696 bits per heavy atom. The number of amides is 4. The number of β-lactam (4-membered cyclic amide) rings is 2. The zero-order chi connectivity index (χ0) is 49.0. The molecule has 8 rings (SSSR count). The molecule has 4 amide bonds. The summed E-state index contributed by atoms with van der Waals surface area (Å²) in [5.74, 6) is -5.15. The predicted octanol–water partition coefficient (Wildman–Crippen LogP) is -0.488. The first kappa shape index (κ1) is 51.8. The van der Waals surface area contributed by atoms with Crippen molar-refractivity contribution in [2.45, 2.75) is 84.8 Å². The zero-order valence-electron chi connectivity index (χ0n) is 39.0. The van der Waals surface area contributed by atoms with Gasteiger partial charge in [0, 0.05) is 37.9 Å². The van der Waals surface area contributed by atoms with Gasteiger partial charge in [-0.15, -0.1) is 0 Å². The Morgan fingerprint density at radius 2 is 1.12 bits per heavy atom. The van der Waals surface area contributed by atoms with E-state index in [0.717, 1.165) is 11.1 Å². The van der Waals surface area contributed by atoms with Crippen LogP contribution in [0.15, 0.2) is 109 Å². The van der Waals surface area contributed by atoms with Gasteiger partial charge >= 0.3 is 41.5 Å². The smallest absolute Gasteiger partial charge is 0.543 e. The number of rotatable bonds is 14. The minimum atomic E-state index is -1.40. The van der Waals surface area contributed by atoms with Crippen LogP contribution in [0.5, 0.6) is 0 Å². The van der Waals surface area contributed by atoms with Gasteiger partial charge in [0.2, 0.25) is 18.6 Å². The van der Waals surface area contributed by atoms with Gasteiger partial charge in [0.05, 0.1) is 64.3 Å². The molecule has 69 heavy (non-hydrogen) atoms. The summed E-state index contributed by atoms with van der Waals surface area (Å²) in [7, 11) is 0. The summed E-state index contributed by atoms with van der Waals surface area (Å²) in [6.07, 6.45) is 5.17. The molecule has 2 saturated heterocycles. The second kappa shape index (κ2) is 21.8. The van der Waals surface area contributed by atoms with Crippen molar-refractivity contribution in [1.82, 2.24) is 30.4 Å². The maximum atomic E-state index is 13.1. The average molecular weight is 951 g/mol. The molecule has 4 N–H and O–H groups in total. The quantitative estimate of drug-likeness (QED) is 0.0539. The Morgan fingerprint density at radius 3 is 1.49 bits per heavy atom. The molecule has 18 nitrogen and oxygen atoms in total. The number of aliphatic hydroxyl groups excluding tert-OH is 2. The van der Waals surface area contributed by atoms with Crippen molar-refractivity contribution in [2.24, 2.45) is 17.3 Å². The Labute approximate surface area is 420 Å². The van der Waals surface area contributed by atoms with E-state index in [9.17, 15) is 48.9 Å². The Bertz CT molecular complexity index is 2670. The number of hydrogen-bond acceptors (Lipinski definition) is 14. The van der Waals surface area contributed by atoms with Gasteiger partial charge in [-0.25, -0.2) is 4.79 Å². The number of carboxylic acids is 1. The molecule has 354 valence electrons. The van der Waals surface area contributed by atoms with Crippen LogP contribution in [0.25, 0.3) is 11.1 Å². The van der Waals surface area contributed by atoms with Crippen LogP contribution in [-0.4, -0.2) is 103 Å². The summed E-state index contributed by atoms with van der Waals surface area (Å²) >= 11 is 0. The fraction of sp³-hybridized carbons (Fsp3) is 0.340. The Kier molecular flexibility index (Phi) is 16.4. The maximum absolute atomic E-state index is 13.1. The van der Waals surface area contributed by atoms with Gasteiger partial charge in [0.1, 0.15) is 5.70 Å². The topological polar surface area (TPSA) is 258 Å². The number of hydrogen-bond donors (Lipinski definition) is 4. The number of aliphatic hydroxyl groups is 2. The SMILES string of the molecule is C[C@@H](O)[C@H]1C(=O)N2C(C(=O)OCOC(=O)C(C)(C)C)=C(c3ccc(CNC(=O)c4cccnc4)cc3)C[C@H]12.C[C@@H](O)[C@H]1C(=O)N2C(C(=O)[O-])=C(c3ccc(CNC(=O)c4cccnc4)cc3)C[C@H]12.[Na+]. The minimum Gasteiger partial charge on any atom is -0.543 e. The number of esters is 2. The molecule has 0 spiro atoms. The Hall–Kier alpha value is -6.57. The molecule has 2 aromatic carbocycles. The van der Waals surface area contributed by atoms with Crippen LogP contribution in [0.4, 0.5) is 0 Å². The number of pyridine rings is 2. The van der Waals surface area contributed by atoms with E-state index in [1.807, 2.05) is 24.3 Å². The van der Waals surface area contributed by atoms with Crippen molar-refractivity contribution in [3.8, 4) is 0 Å². The van der Waals surface area contributed by atoms with Crippen LogP contribution in [0.3, 0.4) is 0 Å². The van der Waals surface area contributed by atoms with Crippen molar-refractivity contribution in [1.29, 1.82) is 0 Å². The van der Waals surface area contributed by atoms with E-state index in [1.54, 1.807) is 88.6 Å². The van der Waals surface area contributed by atoms with Crippen molar-refractivity contribution >= 4 is 52.7 Å². The van der Waals surface area contributed by atoms with Gasteiger partial charge in [0.25, 0.3) is 11.8 Å². The number of benzene rings is 2. The van der Waals surface area contributed by atoms with Gasteiger partial charge in [0.15, 0.2) is 0 Å². The molecular formula is C50H51N6NaO12. The number of carbonyl (C=O) groups is 7. The second-order valence-electron chi connectivity index (χ2n) is 17.9. The number of carbonyl (C=O) groups excluding carboxylic acids is 7. The van der Waals surface area contributed by atoms with Gasteiger partial charge in [-0.05, 0) is 105 Å². The van der Waals surface area contributed by atoms with Gasteiger partial charge < -0.3 is 50.0 Å². The van der Waals surface area contributed by atoms with Crippen LogP contribution in [0.2, 0.25) is 0 Å². The number of carboxylic acid groups (broad SMARTS) is 1. The molecule has 19 heteroatoms. The van der Waals surface area contributed by atoms with Crippen molar-refractivity contribution in [3.63, 3.8) is 0 Å². The van der Waals surface area contributed by atoms with E-state index in [2.05, 4.69) is 20.6 Å². The van der Waals surface area contributed by atoms with Crippen molar-refractivity contribution in [2.75, 3.05) is 6.79 Å². The summed E-state index contributed by atoms with van der Waals surface area (Å²) in [6.45, 7) is 8.15. The van der Waals surface area contributed by atoms with Crippen LogP contribution in [-0.2, 0) is 46.5 Å². The number of nitrogens with one attached hydrogen (secondary N) is 2. The first-order valence-corrected chi connectivity index (χ1v) is 22.0. The molecule has 0 radical (unpaired) electrons. The third kappa shape index (κ3) is 11.2. The van der Waals surface area contributed by atoms with Crippen LogP contribution >= 0.6 is 0 Å². The van der Waals surface area contributed by atoms with E-state index in [4.69, 9.17) is 9.47 Å². The molecule has 2 aromatic heterocycles. The average Bonchev–Trinajstić information content (AvgIpc) is 3.84. The van der Waals surface area contributed by atoms with Crippen LogP contribution < -0.4 is 45.3 Å². The molecular weight excluding hydrogens is 900 g/mol. The standard InChI is InChI=1S/C28H31N3O7.C22H21N3O5.Na/c1-16(32)22-21-12-20(23(31(21)25(22)34)26(35)37-15-38-27(36)28(2,3)4)18-9-7-17(8-10-18)13-30-24(33)19-6-5-11-29-14-19;1-12(26)18-17-9-16(19(22(29)30)25(17)21(18)28)14-6-4-13(5-7-14)10-24-20(27)15-3-2-8-23-11-15;/h5-11,14,16,21-22,32H,12-13,15H2,1-4H3,(H,30,33);2-8,11-12,17-18,26H,9-10H2,1H3,(H,24,27)(H,29,30);/q;;+1/p-1/t16-,21-,22-;12-,17-,18-;/m11./s1. The van der Waals surface area contributed by atoms with E-state index in [1.165, 1.54) is 29.1 Å². The number of fused-ring (bicyclic) bond motifs is 2. The first-order valence-electron chi connectivity index (χ1n) is 22.0. The normalized spacial score (nSPS) is 19.9. The monoisotopic (exact) mass is 950 g/mol. The first-order chi connectivity index (χ1) is 32.4. The van der Waals surface area contributed by atoms with Crippen LogP contribution in [0, 0.1) is 17.3 Å². The molecule has 2 fully saturated rings. The molecule has 4 aromatic rings. The number of nitrogens with zero attached hydrogens (tertiary/aromatic N) is 4. The zero-order valence-corrected chi connectivity index (χ0v) is 41.0. The third-order valence-electron chi connectivity index (χ3n) is 12.2. The summed E-state index contributed by atoms with van der Waals surface area (Å²) < 4.78 is 10.3. The van der Waals surface area contributed by atoms with Crippen LogP contribution in [0.1, 0.15) is 90.4 Å². The molecule has 0 unspecified atom stereocenters. The predicted molar refractivity (Wildman–Crippen MR) is 240 cm³/mol. The van der Waals surface area contributed by atoms with Crippen molar-refractivity contribution < 1.29 is 87.9 Å². The fourth-order valence-corrected chi connectivity index (χ4v) is 8.66. The molecule has 4 aliphatic rings. The van der Waals surface area contributed by atoms with E-state index < -0.39 is 54.2 Å².